The molecule has 1 aliphatic rings. The van der Waals surface area contributed by atoms with E-state index in [2.05, 4.69) is 25.9 Å². The molecule has 0 spiro atoms. The van der Waals surface area contributed by atoms with Crippen LogP contribution >= 0.6 is 0 Å². The summed E-state index contributed by atoms with van der Waals surface area (Å²) in [6.45, 7) is 0.137. The summed E-state index contributed by atoms with van der Waals surface area (Å²) < 4.78 is 7.46. The summed E-state index contributed by atoms with van der Waals surface area (Å²) in [4.78, 5) is 4.16. The monoisotopic (exact) mass is 350 g/mol. The minimum absolute atomic E-state index is 0.371. The fraction of sp³-hybridized carbons (Fsp3) is 0.636. The van der Waals surface area contributed by atoms with Crippen molar-refractivity contribution < 1.29 is 20.1 Å². The summed E-state index contributed by atoms with van der Waals surface area (Å²) in [5, 5.41) is 31.9. The topological polar surface area (TPSA) is 126 Å². The normalized spacial score (nSPS) is 29.8. The van der Waals surface area contributed by atoms with E-state index in [4.69, 9.17) is 15.6 Å². The maximum absolute atomic E-state index is 10.0. The van der Waals surface area contributed by atoms with Crippen molar-refractivity contribution >= 4 is 21.4 Å². The molecule has 0 unspecified atom stereocenters. The van der Waals surface area contributed by atoms with Gasteiger partial charge in [-0.3, -0.25) is 0 Å². The number of nitrogens with two attached hydrogens (primary N) is 1. The molecule has 8 nitrogen and oxygen atoms in total. The third-order valence-corrected chi connectivity index (χ3v) is 3.85. The number of aliphatic hydroxyl groups excluding tert-OH is 3. The van der Waals surface area contributed by atoms with Crippen molar-refractivity contribution in [3.63, 3.8) is 0 Å². The molecule has 4 atom stereocenters. The van der Waals surface area contributed by atoms with Gasteiger partial charge in [-0.1, -0.05) is 0 Å². The molecular formula is C11H18N4O4Se. The van der Waals surface area contributed by atoms with E-state index in [9.17, 15) is 10.2 Å². The number of anilines is 1. The van der Waals surface area contributed by atoms with Crippen molar-refractivity contribution in [2.75, 3.05) is 19.4 Å². The van der Waals surface area contributed by atoms with Gasteiger partial charge in [-0.15, -0.1) is 0 Å². The Kier molecular flexibility index (Phi) is 4.92. The standard InChI is InChI=1S/C11H18N4O4Se/c1-13-2-5-3-15(11(20)14-9(5)12)10-8(18)7(17)6(4-16)19-10/h3,6-8,10,13,16-18H,2,4H2,1H3,(H2,12,14,20)/t6-,7-,8-,10-/m1/s1. The first-order valence-corrected chi connectivity index (χ1v) is 6.99. The van der Waals surface area contributed by atoms with E-state index in [0.29, 0.717) is 16.7 Å². The summed E-state index contributed by atoms with van der Waals surface area (Å²) in [6.07, 6.45) is -2.26. The molecule has 0 radical (unpaired) electrons. The summed E-state index contributed by atoms with van der Waals surface area (Å²) in [5.41, 5.74) is 6.55. The van der Waals surface area contributed by atoms with Gasteiger partial charge in [-0.2, -0.15) is 0 Å². The Hall–Kier alpha value is -0.801. The predicted octanol–water partition coefficient (Wildman–Crippen LogP) is -2.50. The molecule has 1 fully saturated rings. The molecule has 0 bridgehead atoms. The second-order valence-electron chi connectivity index (χ2n) is 4.60. The molecule has 1 aliphatic heterocycles. The first-order chi connectivity index (χ1) is 9.49. The van der Waals surface area contributed by atoms with Gasteiger partial charge in [0, 0.05) is 0 Å². The van der Waals surface area contributed by atoms with Crippen LogP contribution in [0.2, 0.25) is 0 Å². The molecule has 2 rings (SSSR count). The molecule has 6 N–H and O–H groups in total. The Labute approximate surface area is 123 Å². The van der Waals surface area contributed by atoms with Gasteiger partial charge in [0.25, 0.3) is 0 Å². The maximum atomic E-state index is 10.0. The molecule has 0 aromatic carbocycles. The molecule has 0 amide bonds. The second-order valence-corrected chi connectivity index (χ2v) is 5.37. The van der Waals surface area contributed by atoms with Crippen molar-refractivity contribution in [1.29, 1.82) is 0 Å². The zero-order valence-corrected chi connectivity index (χ0v) is 12.6. The molecule has 1 saturated heterocycles. The van der Waals surface area contributed by atoms with E-state index in [-0.39, 0.29) is 6.61 Å². The fourth-order valence-electron chi connectivity index (χ4n) is 2.14. The van der Waals surface area contributed by atoms with Crippen molar-refractivity contribution in [2.45, 2.75) is 31.1 Å². The van der Waals surface area contributed by atoms with Crippen LogP contribution in [0.4, 0.5) is 5.82 Å². The van der Waals surface area contributed by atoms with Gasteiger partial charge in [0.2, 0.25) is 0 Å². The van der Waals surface area contributed by atoms with E-state index in [1.54, 1.807) is 17.8 Å². The summed E-state index contributed by atoms with van der Waals surface area (Å²) in [7, 11) is 1.78. The van der Waals surface area contributed by atoms with E-state index < -0.39 is 24.5 Å². The molecule has 9 heteroatoms. The van der Waals surface area contributed by atoms with Gasteiger partial charge in [0.15, 0.2) is 0 Å². The molecular weight excluding hydrogens is 331 g/mol. The Morgan fingerprint density at radius 1 is 1.50 bits per heavy atom. The van der Waals surface area contributed by atoms with Gasteiger partial charge < -0.3 is 0 Å². The van der Waals surface area contributed by atoms with Crippen molar-refractivity contribution in [3.05, 3.63) is 16.1 Å². The number of aromatic nitrogens is 2. The second kappa shape index (κ2) is 6.31. The first-order valence-electron chi connectivity index (χ1n) is 6.14. The molecule has 112 valence electrons. The van der Waals surface area contributed by atoms with E-state index in [1.807, 2.05) is 0 Å². The van der Waals surface area contributed by atoms with Crippen molar-refractivity contribution in [1.82, 2.24) is 14.9 Å². The molecule has 1 aromatic heterocycles. The molecule has 2 heterocycles. The summed E-state index contributed by atoms with van der Waals surface area (Å²) in [5.74, 6) is 0.371. The minimum atomic E-state index is -1.16. The predicted molar refractivity (Wildman–Crippen MR) is 71.4 cm³/mol. The number of rotatable bonds is 4. The van der Waals surface area contributed by atoms with Gasteiger partial charge in [-0.25, -0.2) is 0 Å². The summed E-state index contributed by atoms with van der Waals surface area (Å²) >= 11 is 2.74. The number of nitrogens with zero attached hydrogens (tertiary/aromatic N) is 2. The number of aliphatic hydroxyl groups is 3. The fourth-order valence-corrected chi connectivity index (χ4v) is 2.68. The van der Waals surface area contributed by atoms with E-state index >= 15 is 0 Å². The van der Waals surface area contributed by atoms with Gasteiger partial charge in [0.1, 0.15) is 0 Å². The number of nitrogen functional groups attached to an aromatic ring is 1. The van der Waals surface area contributed by atoms with E-state index in [0.717, 1.165) is 5.56 Å². The SMILES string of the molecule is CNCc1cn([C@@H]2O[C@H](CO)[C@@H](O)[C@H]2O)c(=[Se])nc1N. The van der Waals surface area contributed by atoms with Crippen LogP contribution in [0.5, 0.6) is 0 Å². The zero-order chi connectivity index (χ0) is 14.9. The quantitative estimate of drug-likeness (QED) is 0.380. The van der Waals surface area contributed by atoms with Crippen LogP contribution in [0.15, 0.2) is 6.20 Å². The number of nitrogens with one attached hydrogen (secondary N) is 1. The molecule has 0 aliphatic carbocycles. The Morgan fingerprint density at radius 3 is 2.75 bits per heavy atom. The Morgan fingerprint density at radius 2 is 2.20 bits per heavy atom. The van der Waals surface area contributed by atoms with Crippen LogP contribution in [-0.4, -0.2) is 72.4 Å². The van der Waals surface area contributed by atoms with Crippen LogP contribution in [0, 0.1) is 4.32 Å². The van der Waals surface area contributed by atoms with Crippen molar-refractivity contribution in [2.24, 2.45) is 0 Å². The molecule has 20 heavy (non-hydrogen) atoms. The van der Waals surface area contributed by atoms with Gasteiger partial charge >= 0.3 is 123 Å². The van der Waals surface area contributed by atoms with Crippen LogP contribution in [-0.2, 0) is 11.3 Å². The van der Waals surface area contributed by atoms with E-state index in [1.165, 1.54) is 0 Å². The van der Waals surface area contributed by atoms with Crippen molar-refractivity contribution in [3.8, 4) is 0 Å². The van der Waals surface area contributed by atoms with Crippen LogP contribution in [0.3, 0.4) is 0 Å². The average Bonchev–Trinajstić information content (AvgIpc) is 2.70. The van der Waals surface area contributed by atoms with Crippen LogP contribution < -0.4 is 11.1 Å². The molecule has 1 aromatic rings. The third-order valence-electron chi connectivity index (χ3n) is 3.22. The van der Waals surface area contributed by atoms with Crippen LogP contribution in [0.1, 0.15) is 11.8 Å². The average molecular weight is 349 g/mol. The van der Waals surface area contributed by atoms with Gasteiger partial charge in [0.05, 0.1) is 0 Å². The number of ether oxygens (including phenoxy) is 1. The van der Waals surface area contributed by atoms with Crippen LogP contribution in [0.25, 0.3) is 0 Å². The number of hydrogen-bond donors (Lipinski definition) is 5. The van der Waals surface area contributed by atoms with Gasteiger partial charge in [-0.05, 0) is 0 Å². The number of hydrogen-bond acceptors (Lipinski definition) is 7. The Balaban J connectivity index is 2.38. The Bertz CT molecular complexity index is 538. The summed E-state index contributed by atoms with van der Waals surface area (Å²) in [6, 6.07) is 0. The molecule has 0 saturated carbocycles. The zero-order valence-electron chi connectivity index (χ0n) is 10.9. The first kappa shape index (κ1) is 15.6. The third kappa shape index (κ3) is 2.79.